The molecular weight excluding hydrogens is 184 g/mol. The Bertz CT molecular complexity index is 273. The van der Waals surface area contributed by atoms with E-state index < -0.39 is 5.37 Å². The predicted octanol–water partition coefficient (Wildman–Crippen LogP) is 2.25. The van der Waals surface area contributed by atoms with Gasteiger partial charge < -0.3 is 0 Å². The molecule has 0 aromatic carbocycles. The van der Waals surface area contributed by atoms with Crippen LogP contribution < -0.4 is 4.90 Å². The molecule has 1 aromatic rings. The number of rotatable bonds is 1. The van der Waals surface area contributed by atoms with Gasteiger partial charge in [-0.05, 0) is 18.5 Å². The third-order valence-electron chi connectivity index (χ3n) is 1.16. The van der Waals surface area contributed by atoms with Gasteiger partial charge in [0.1, 0.15) is 0 Å². The van der Waals surface area contributed by atoms with Crippen molar-refractivity contribution in [2.45, 2.75) is 6.92 Å². The minimum Gasteiger partial charge on any atom is -0.278 e. The fourth-order valence-electron chi connectivity index (χ4n) is 0.571. The van der Waals surface area contributed by atoms with E-state index in [2.05, 4.69) is 4.98 Å². The highest BCUT2D eigenvalue weighted by Crippen LogP contribution is 2.19. The lowest BCUT2D eigenvalue weighted by atomic mass is 10.6. The number of carbonyl (C=O) groups excluding carboxylic acids is 1. The molecular formula is C6H7ClN2OS. The Morgan fingerprint density at radius 3 is 2.82 bits per heavy atom. The van der Waals surface area contributed by atoms with Gasteiger partial charge in [-0.3, -0.25) is 9.69 Å². The van der Waals surface area contributed by atoms with Gasteiger partial charge in [0.25, 0.3) is 0 Å². The molecule has 60 valence electrons. The maximum Gasteiger partial charge on any atom is 0.322 e. The number of carbonyl (C=O) groups is 1. The van der Waals surface area contributed by atoms with E-state index in [4.69, 9.17) is 11.6 Å². The Morgan fingerprint density at radius 1 is 1.82 bits per heavy atom. The average molecular weight is 191 g/mol. The quantitative estimate of drug-likeness (QED) is 0.503. The highest BCUT2D eigenvalue weighted by molar-refractivity contribution is 7.14. The fraction of sp³-hybridized carbons (Fsp3) is 0.333. The summed E-state index contributed by atoms with van der Waals surface area (Å²) >= 11 is 6.62. The first-order valence-electron chi connectivity index (χ1n) is 2.96. The second kappa shape index (κ2) is 3.19. The van der Waals surface area contributed by atoms with E-state index in [1.807, 2.05) is 12.3 Å². The Labute approximate surface area is 73.6 Å². The van der Waals surface area contributed by atoms with Crippen LogP contribution in [0.1, 0.15) is 5.69 Å². The van der Waals surface area contributed by atoms with Crippen LogP contribution in [0.4, 0.5) is 9.93 Å². The highest BCUT2D eigenvalue weighted by atomic mass is 35.5. The van der Waals surface area contributed by atoms with Gasteiger partial charge in [-0.25, -0.2) is 4.98 Å². The van der Waals surface area contributed by atoms with Crippen LogP contribution in [0.2, 0.25) is 0 Å². The summed E-state index contributed by atoms with van der Waals surface area (Å²) in [7, 11) is 1.59. The summed E-state index contributed by atoms with van der Waals surface area (Å²) in [6.07, 6.45) is 0. The van der Waals surface area contributed by atoms with Crippen LogP contribution in [0.3, 0.4) is 0 Å². The molecule has 0 saturated heterocycles. The van der Waals surface area contributed by atoms with Crippen molar-refractivity contribution in [3.63, 3.8) is 0 Å². The summed E-state index contributed by atoms with van der Waals surface area (Å²) in [5.74, 6) is 0. The average Bonchev–Trinajstić information content (AvgIpc) is 2.34. The summed E-state index contributed by atoms with van der Waals surface area (Å²) in [5, 5.41) is 1.98. The lowest BCUT2D eigenvalue weighted by molar-refractivity contribution is 0.265. The lowest BCUT2D eigenvalue weighted by Crippen LogP contribution is -2.19. The number of hydrogen-bond donors (Lipinski definition) is 0. The number of halogens is 1. The number of hydrogen-bond acceptors (Lipinski definition) is 3. The molecule has 0 N–H and O–H groups in total. The van der Waals surface area contributed by atoms with Crippen LogP contribution >= 0.6 is 22.9 Å². The minimum absolute atomic E-state index is 0.514. The van der Waals surface area contributed by atoms with E-state index in [0.717, 1.165) is 5.69 Å². The molecule has 0 radical (unpaired) electrons. The zero-order chi connectivity index (χ0) is 8.43. The van der Waals surface area contributed by atoms with Crippen LogP contribution in [0, 0.1) is 6.92 Å². The number of nitrogens with zero attached hydrogens (tertiary/aromatic N) is 2. The Morgan fingerprint density at radius 2 is 2.45 bits per heavy atom. The van der Waals surface area contributed by atoms with E-state index in [9.17, 15) is 4.79 Å². The van der Waals surface area contributed by atoms with Crippen molar-refractivity contribution in [1.29, 1.82) is 0 Å². The second-order valence-corrected chi connectivity index (χ2v) is 3.24. The first kappa shape index (κ1) is 8.49. The molecule has 1 rings (SSSR count). The molecule has 0 spiro atoms. The molecule has 3 nitrogen and oxygen atoms in total. The summed E-state index contributed by atoms with van der Waals surface area (Å²) in [4.78, 5) is 16.0. The summed E-state index contributed by atoms with van der Waals surface area (Å²) in [6.45, 7) is 1.87. The van der Waals surface area contributed by atoms with Crippen molar-refractivity contribution in [2.24, 2.45) is 0 Å². The Kier molecular flexibility index (Phi) is 2.46. The number of amides is 1. The van der Waals surface area contributed by atoms with Crippen molar-refractivity contribution >= 4 is 33.4 Å². The largest absolute Gasteiger partial charge is 0.322 e. The normalized spacial score (nSPS) is 9.73. The SMILES string of the molecule is Cc1csc(N(C)C(=O)Cl)n1. The Balaban J connectivity index is 2.84. The Hall–Kier alpha value is -0.610. The molecule has 0 aliphatic rings. The summed E-state index contributed by atoms with van der Waals surface area (Å²) in [6, 6.07) is 0. The first-order valence-corrected chi connectivity index (χ1v) is 4.22. The van der Waals surface area contributed by atoms with Gasteiger partial charge in [-0.15, -0.1) is 11.3 Å². The standard InChI is InChI=1S/C6H7ClN2OS/c1-4-3-11-6(8-4)9(2)5(7)10/h3H,1-2H3. The van der Waals surface area contributed by atoms with Crippen LogP contribution in [0.25, 0.3) is 0 Å². The smallest absolute Gasteiger partial charge is 0.278 e. The van der Waals surface area contributed by atoms with Gasteiger partial charge in [-0.2, -0.15) is 0 Å². The first-order chi connectivity index (χ1) is 5.11. The van der Waals surface area contributed by atoms with Crippen LogP contribution in [0.15, 0.2) is 5.38 Å². The molecule has 1 aromatic heterocycles. The van der Waals surface area contributed by atoms with Gasteiger partial charge in [0, 0.05) is 12.4 Å². The predicted molar refractivity (Wildman–Crippen MR) is 46.5 cm³/mol. The maximum atomic E-state index is 10.6. The third kappa shape index (κ3) is 1.91. The molecule has 0 atom stereocenters. The zero-order valence-electron chi connectivity index (χ0n) is 6.17. The monoisotopic (exact) mass is 190 g/mol. The van der Waals surface area contributed by atoms with E-state index >= 15 is 0 Å². The third-order valence-corrected chi connectivity index (χ3v) is 2.45. The summed E-state index contributed by atoms with van der Waals surface area (Å²) < 4.78 is 0. The number of aryl methyl sites for hydroxylation is 1. The zero-order valence-corrected chi connectivity index (χ0v) is 7.74. The van der Waals surface area contributed by atoms with E-state index in [-0.39, 0.29) is 0 Å². The highest BCUT2D eigenvalue weighted by Gasteiger charge is 2.09. The van der Waals surface area contributed by atoms with Gasteiger partial charge in [0.2, 0.25) is 0 Å². The van der Waals surface area contributed by atoms with E-state index in [0.29, 0.717) is 5.13 Å². The van der Waals surface area contributed by atoms with Crippen molar-refractivity contribution in [3.8, 4) is 0 Å². The molecule has 0 fully saturated rings. The molecule has 0 saturated carbocycles. The number of thiazole rings is 1. The van der Waals surface area contributed by atoms with Gasteiger partial charge in [0.05, 0.1) is 5.69 Å². The van der Waals surface area contributed by atoms with Crippen LogP contribution in [-0.4, -0.2) is 17.4 Å². The van der Waals surface area contributed by atoms with Crippen molar-refractivity contribution in [1.82, 2.24) is 4.98 Å². The van der Waals surface area contributed by atoms with Gasteiger partial charge in [0.15, 0.2) is 5.13 Å². The minimum atomic E-state index is -0.514. The van der Waals surface area contributed by atoms with Crippen LogP contribution in [0.5, 0.6) is 0 Å². The molecule has 1 amide bonds. The lowest BCUT2D eigenvalue weighted by Gasteiger charge is -2.06. The molecule has 11 heavy (non-hydrogen) atoms. The van der Waals surface area contributed by atoms with Crippen molar-refractivity contribution < 1.29 is 4.79 Å². The fourth-order valence-corrected chi connectivity index (χ4v) is 1.47. The maximum absolute atomic E-state index is 10.6. The van der Waals surface area contributed by atoms with Crippen molar-refractivity contribution in [2.75, 3.05) is 11.9 Å². The molecule has 0 aliphatic carbocycles. The molecule has 1 heterocycles. The van der Waals surface area contributed by atoms with E-state index in [1.165, 1.54) is 16.2 Å². The van der Waals surface area contributed by atoms with Gasteiger partial charge in [-0.1, -0.05) is 0 Å². The second-order valence-electron chi connectivity index (χ2n) is 2.08. The van der Waals surface area contributed by atoms with Gasteiger partial charge >= 0.3 is 5.37 Å². The van der Waals surface area contributed by atoms with E-state index in [1.54, 1.807) is 7.05 Å². The molecule has 0 aliphatic heterocycles. The van der Waals surface area contributed by atoms with Crippen LogP contribution in [-0.2, 0) is 0 Å². The van der Waals surface area contributed by atoms with Crippen molar-refractivity contribution in [3.05, 3.63) is 11.1 Å². The topological polar surface area (TPSA) is 33.2 Å². The molecule has 5 heteroatoms. The number of anilines is 1. The molecule has 0 bridgehead atoms. The molecule has 0 unspecified atom stereocenters. The summed E-state index contributed by atoms with van der Waals surface area (Å²) in [5.41, 5.74) is 0.898. The number of aromatic nitrogens is 1.